The number of allylic oxidation sites excluding steroid dienone is 3. The van der Waals surface area contributed by atoms with Crippen LogP contribution in [-0.4, -0.2) is 47.8 Å². The summed E-state index contributed by atoms with van der Waals surface area (Å²) in [5.41, 5.74) is 3.63. The maximum Gasteiger partial charge on any atom is 0.522 e. The van der Waals surface area contributed by atoms with Gasteiger partial charge >= 0.3 is 6.36 Å². The van der Waals surface area contributed by atoms with Crippen molar-refractivity contribution in [3.63, 3.8) is 0 Å². The number of carbonyl (C=O) groups is 1. The lowest BCUT2D eigenvalue weighted by Crippen LogP contribution is -2.18. The highest BCUT2D eigenvalue weighted by atomic mass is 19.4. The number of carbonyl (C=O) groups excluding carboxylic acids is 1. The first-order valence-corrected chi connectivity index (χ1v) is 9.24. The Hall–Kier alpha value is -2.61. The number of aldehydes is 1. The van der Waals surface area contributed by atoms with Gasteiger partial charge in [0.1, 0.15) is 12.1 Å². The highest BCUT2D eigenvalue weighted by Crippen LogP contribution is 2.27. The first-order valence-electron chi connectivity index (χ1n) is 9.24. The average Bonchev–Trinajstić information content (AvgIpc) is 2.98. The molecule has 2 rings (SSSR count). The van der Waals surface area contributed by atoms with Gasteiger partial charge in [-0.1, -0.05) is 19.9 Å². The lowest BCUT2D eigenvalue weighted by atomic mass is 10.0. The van der Waals surface area contributed by atoms with E-state index in [1.807, 2.05) is 57.2 Å². The van der Waals surface area contributed by atoms with Gasteiger partial charge < -0.3 is 9.47 Å². The highest BCUT2D eigenvalue weighted by molar-refractivity contribution is 5.87. The quantitative estimate of drug-likeness (QED) is 0.359. The predicted molar refractivity (Wildman–Crippen MR) is 107 cm³/mol. The topological polar surface area (TPSA) is 47.4 Å². The summed E-state index contributed by atoms with van der Waals surface area (Å²) in [6.45, 7) is 5.13. The maximum atomic E-state index is 12.4. The third kappa shape index (κ3) is 6.19. The lowest BCUT2D eigenvalue weighted by Gasteiger charge is -2.14. The van der Waals surface area contributed by atoms with Gasteiger partial charge in [0.2, 0.25) is 0 Å². The van der Waals surface area contributed by atoms with Gasteiger partial charge in [-0.3, -0.25) is 9.53 Å². The van der Waals surface area contributed by atoms with Crippen molar-refractivity contribution in [1.82, 2.24) is 14.5 Å². The molecule has 0 bridgehead atoms. The van der Waals surface area contributed by atoms with Crippen molar-refractivity contribution in [1.29, 1.82) is 0 Å². The van der Waals surface area contributed by atoms with Crippen LogP contribution in [0.4, 0.5) is 13.2 Å². The number of alkyl halides is 3. The Morgan fingerprint density at radius 2 is 2.00 bits per heavy atom. The second-order valence-corrected chi connectivity index (χ2v) is 7.33. The van der Waals surface area contributed by atoms with Gasteiger partial charge in [-0.05, 0) is 41.8 Å². The van der Waals surface area contributed by atoms with Gasteiger partial charge in [0, 0.05) is 32.8 Å². The van der Waals surface area contributed by atoms with Crippen molar-refractivity contribution in [2.45, 2.75) is 39.6 Å². The summed E-state index contributed by atoms with van der Waals surface area (Å²) < 4.78 is 43.0. The van der Waals surface area contributed by atoms with Gasteiger partial charge in [0.05, 0.1) is 17.6 Å². The van der Waals surface area contributed by atoms with E-state index in [1.165, 1.54) is 0 Å². The van der Waals surface area contributed by atoms with Crippen LogP contribution in [0.1, 0.15) is 38.1 Å². The summed E-state index contributed by atoms with van der Waals surface area (Å²) in [6, 6.07) is 5.61. The Bertz CT molecular complexity index is 925. The zero-order valence-corrected chi connectivity index (χ0v) is 17.2. The molecule has 0 spiro atoms. The number of hydrogen-bond donors (Lipinski definition) is 0. The third-order valence-electron chi connectivity index (χ3n) is 4.17. The van der Waals surface area contributed by atoms with E-state index in [2.05, 4.69) is 9.72 Å². The van der Waals surface area contributed by atoms with Crippen LogP contribution in [0.15, 0.2) is 36.0 Å². The molecule has 0 saturated carbocycles. The molecule has 5 nitrogen and oxygen atoms in total. The number of fused-ring (bicyclic) bond motifs is 1. The molecule has 0 atom stereocenters. The molecular weight excluding hydrogens is 383 g/mol. The minimum atomic E-state index is -4.67. The van der Waals surface area contributed by atoms with Gasteiger partial charge in [0.15, 0.2) is 0 Å². The van der Waals surface area contributed by atoms with Crippen molar-refractivity contribution in [3.05, 3.63) is 47.4 Å². The number of imidazole rings is 1. The molecule has 158 valence electrons. The van der Waals surface area contributed by atoms with Crippen LogP contribution in [0.25, 0.3) is 16.6 Å². The summed E-state index contributed by atoms with van der Waals surface area (Å²) in [4.78, 5) is 17.5. The Morgan fingerprint density at radius 3 is 2.55 bits per heavy atom. The van der Waals surface area contributed by atoms with E-state index < -0.39 is 13.0 Å². The van der Waals surface area contributed by atoms with Gasteiger partial charge in [-0.2, -0.15) is 0 Å². The van der Waals surface area contributed by atoms with E-state index >= 15 is 0 Å². The summed E-state index contributed by atoms with van der Waals surface area (Å²) in [7, 11) is 3.75. The van der Waals surface area contributed by atoms with Crippen molar-refractivity contribution in [2.24, 2.45) is 0 Å². The van der Waals surface area contributed by atoms with Crippen LogP contribution in [0.5, 0.6) is 0 Å². The largest absolute Gasteiger partial charge is 0.522 e. The molecule has 1 heterocycles. The smallest absolute Gasteiger partial charge is 0.383 e. The number of ether oxygens (including phenoxy) is 1. The first kappa shape index (κ1) is 22.7. The molecular formula is C21H26F3N3O2. The molecule has 0 amide bonds. The Morgan fingerprint density at radius 1 is 1.31 bits per heavy atom. The molecule has 0 aliphatic carbocycles. The second-order valence-electron chi connectivity index (χ2n) is 7.33. The van der Waals surface area contributed by atoms with E-state index in [0.717, 1.165) is 22.9 Å². The molecule has 0 N–H and O–H groups in total. The maximum absolute atomic E-state index is 12.4. The van der Waals surface area contributed by atoms with E-state index in [1.54, 1.807) is 17.6 Å². The molecule has 1 aromatic carbocycles. The van der Waals surface area contributed by atoms with Crippen LogP contribution in [0, 0.1) is 0 Å². The third-order valence-corrected chi connectivity index (χ3v) is 4.17. The fourth-order valence-corrected chi connectivity index (χ4v) is 3.00. The van der Waals surface area contributed by atoms with E-state index in [9.17, 15) is 18.0 Å². The number of hydrogen-bond acceptors (Lipinski definition) is 4. The first-order chi connectivity index (χ1) is 13.5. The van der Waals surface area contributed by atoms with Crippen LogP contribution >= 0.6 is 0 Å². The minimum Gasteiger partial charge on any atom is -0.383 e. The monoisotopic (exact) mass is 409 g/mol. The Balaban J connectivity index is 2.54. The van der Waals surface area contributed by atoms with Gasteiger partial charge in [-0.15, -0.1) is 13.2 Å². The average molecular weight is 409 g/mol. The molecule has 0 radical (unpaired) electrons. The van der Waals surface area contributed by atoms with Crippen LogP contribution < -0.4 is 0 Å². The molecule has 0 saturated heterocycles. The van der Waals surface area contributed by atoms with Crippen molar-refractivity contribution >= 4 is 22.9 Å². The number of benzene rings is 1. The summed E-state index contributed by atoms with van der Waals surface area (Å²) >= 11 is 0. The zero-order chi connectivity index (χ0) is 21.8. The fourth-order valence-electron chi connectivity index (χ4n) is 3.00. The lowest BCUT2D eigenvalue weighted by molar-refractivity contribution is -0.325. The Labute approximate surface area is 168 Å². The molecule has 8 heteroatoms. The number of rotatable bonds is 8. The molecule has 0 aliphatic heterocycles. The zero-order valence-electron chi connectivity index (χ0n) is 17.2. The molecule has 0 aliphatic rings. The van der Waals surface area contributed by atoms with Crippen LogP contribution in [0.2, 0.25) is 0 Å². The number of halogens is 3. The normalized spacial score (nSPS) is 13.4. The number of nitrogens with zero attached hydrogens (tertiary/aromatic N) is 3. The summed E-state index contributed by atoms with van der Waals surface area (Å²) in [5.74, 6) is 0.728. The number of aromatic nitrogens is 2. The predicted octanol–water partition coefficient (Wildman–Crippen LogP) is 4.74. The second kappa shape index (κ2) is 9.26. The summed E-state index contributed by atoms with van der Waals surface area (Å²) in [6.07, 6.45) is -0.244. The molecule has 0 unspecified atom stereocenters. The van der Waals surface area contributed by atoms with Crippen molar-refractivity contribution in [3.8, 4) is 0 Å². The van der Waals surface area contributed by atoms with E-state index in [0.29, 0.717) is 16.9 Å². The van der Waals surface area contributed by atoms with E-state index in [-0.39, 0.29) is 12.5 Å². The van der Waals surface area contributed by atoms with E-state index in [4.69, 9.17) is 0 Å². The van der Waals surface area contributed by atoms with Crippen LogP contribution in [0.3, 0.4) is 0 Å². The van der Waals surface area contributed by atoms with Gasteiger partial charge in [0.25, 0.3) is 0 Å². The SMILES string of the molecule is C/C(C=O)=C/C(=C\N(C)C)c1ccc2nc(C(C)C)n(CCOC(F)(F)F)c2c1. The van der Waals surface area contributed by atoms with Gasteiger partial charge in [-0.25, -0.2) is 4.98 Å². The molecule has 2 aromatic rings. The fraction of sp³-hybridized carbons (Fsp3) is 0.429. The minimum absolute atomic E-state index is 0.0307. The highest BCUT2D eigenvalue weighted by Gasteiger charge is 2.29. The van der Waals surface area contributed by atoms with Crippen molar-refractivity contribution in [2.75, 3.05) is 20.7 Å². The Kier molecular flexibility index (Phi) is 7.24. The summed E-state index contributed by atoms with van der Waals surface area (Å²) in [5, 5.41) is 0. The van der Waals surface area contributed by atoms with Crippen LogP contribution in [-0.2, 0) is 16.1 Å². The molecule has 29 heavy (non-hydrogen) atoms. The molecule has 0 fully saturated rings. The molecule has 1 aromatic heterocycles. The standard InChI is InChI=1S/C21H26F3N3O2/c1-14(2)20-25-18-7-6-16(17(12-26(4)5)10-15(3)13-28)11-19(18)27(20)8-9-29-21(22,23)24/h6-7,10-14H,8-9H2,1-5H3/b15-10-,17-12+. The van der Waals surface area contributed by atoms with Crippen molar-refractivity contribution < 1.29 is 22.7 Å².